The molecule has 0 aliphatic carbocycles. The maximum Gasteiger partial charge on any atom is 0.310 e. The van der Waals surface area contributed by atoms with Gasteiger partial charge in [0.05, 0.1) is 4.92 Å². The summed E-state index contributed by atoms with van der Waals surface area (Å²) in [5.41, 5.74) is 1.02. The number of nitrogens with one attached hydrogen (secondary N) is 1. The van der Waals surface area contributed by atoms with Crippen LogP contribution in [0, 0.1) is 17.0 Å². The first-order chi connectivity index (χ1) is 9.16. The van der Waals surface area contributed by atoms with Crippen molar-refractivity contribution in [2.24, 2.45) is 0 Å². The number of nitrogens with zero attached hydrogens (tertiary/aromatic N) is 1. The summed E-state index contributed by atoms with van der Waals surface area (Å²) >= 11 is 0. The van der Waals surface area contributed by atoms with Crippen LogP contribution in [0.3, 0.4) is 0 Å². The smallest absolute Gasteiger partial charge is 0.310 e. The first-order valence-corrected chi connectivity index (χ1v) is 6.70. The van der Waals surface area contributed by atoms with E-state index in [4.69, 9.17) is 4.74 Å². The van der Waals surface area contributed by atoms with Crippen LogP contribution in [0.5, 0.6) is 5.75 Å². The van der Waals surface area contributed by atoms with E-state index >= 15 is 0 Å². The average Bonchev–Trinajstić information content (AvgIpc) is 2.39. The second kappa shape index (κ2) is 6.49. The van der Waals surface area contributed by atoms with Gasteiger partial charge in [-0.25, -0.2) is 0 Å². The molecule has 0 atom stereocenters. The van der Waals surface area contributed by atoms with Crippen molar-refractivity contribution >= 4 is 5.69 Å². The monoisotopic (exact) mass is 267 g/mol. The third-order valence-corrected chi connectivity index (χ3v) is 3.43. The molecule has 0 bridgehead atoms. The Morgan fingerprint density at radius 1 is 1.42 bits per heavy atom. The molecule has 0 aromatic heterocycles. The lowest BCUT2D eigenvalue weighted by atomic mass is 10.2. The van der Waals surface area contributed by atoms with Crippen LogP contribution in [0.1, 0.15) is 5.56 Å². The van der Waals surface area contributed by atoms with E-state index in [2.05, 4.69) is 5.32 Å². The highest BCUT2D eigenvalue weighted by Gasteiger charge is 2.18. The Labute approximate surface area is 112 Å². The molecule has 0 saturated carbocycles. The summed E-state index contributed by atoms with van der Waals surface area (Å²) < 4.78 is 5.61. The Hall–Kier alpha value is -1.66. The molecular formula is C13H21N3O3+2. The summed E-state index contributed by atoms with van der Waals surface area (Å²) in [6.45, 7) is 7.92. The number of hydrogen-bond acceptors (Lipinski definition) is 3. The minimum Gasteiger partial charge on any atom is -0.481 e. The van der Waals surface area contributed by atoms with Gasteiger partial charge in [-0.1, -0.05) is 6.07 Å². The first kappa shape index (κ1) is 13.8. The summed E-state index contributed by atoms with van der Waals surface area (Å²) in [7, 11) is 0. The van der Waals surface area contributed by atoms with E-state index in [1.807, 2.05) is 6.92 Å². The van der Waals surface area contributed by atoms with Gasteiger partial charge in [0, 0.05) is 6.07 Å². The molecule has 1 fully saturated rings. The third kappa shape index (κ3) is 3.90. The number of nitro groups is 1. The van der Waals surface area contributed by atoms with Crippen LogP contribution >= 0.6 is 0 Å². The van der Waals surface area contributed by atoms with Crippen LogP contribution in [-0.2, 0) is 0 Å². The SMILES string of the molecule is Cc1ccc([N+](=O)[O-])c(OCC[NH+]2CC[NH2+]CC2)c1. The van der Waals surface area contributed by atoms with E-state index in [0.29, 0.717) is 12.4 Å². The Bertz CT molecular complexity index is 445. The number of rotatable bonds is 5. The standard InChI is InChI=1S/C13H19N3O3/c1-11-2-3-12(16(17)18)13(10-11)19-9-8-15-6-4-14-5-7-15/h2-3,10,14H,4-9H2,1H3/p+2. The molecule has 2 rings (SSSR count). The van der Waals surface area contributed by atoms with Crippen molar-refractivity contribution in [3.63, 3.8) is 0 Å². The first-order valence-electron chi connectivity index (χ1n) is 6.70. The van der Waals surface area contributed by atoms with Crippen molar-refractivity contribution in [3.8, 4) is 5.75 Å². The molecule has 19 heavy (non-hydrogen) atoms. The van der Waals surface area contributed by atoms with Gasteiger partial charge in [0.15, 0.2) is 5.75 Å². The van der Waals surface area contributed by atoms with E-state index in [9.17, 15) is 10.1 Å². The number of ether oxygens (including phenoxy) is 1. The van der Waals surface area contributed by atoms with Crippen molar-refractivity contribution in [1.82, 2.24) is 0 Å². The van der Waals surface area contributed by atoms with Crippen molar-refractivity contribution in [2.75, 3.05) is 39.3 Å². The lowest BCUT2D eigenvalue weighted by Gasteiger charge is -2.22. The zero-order valence-corrected chi connectivity index (χ0v) is 11.2. The third-order valence-electron chi connectivity index (χ3n) is 3.43. The zero-order valence-electron chi connectivity index (χ0n) is 11.2. The van der Waals surface area contributed by atoms with Crippen molar-refractivity contribution < 1.29 is 19.9 Å². The Balaban J connectivity index is 1.91. The van der Waals surface area contributed by atoms with E-state index in [1.165, 1.54) is 11.0 Å². The number of hydrogen-bond donors (Lipinski definition) is 2. The fourth-order valence-corrected chi connectivity index (χ4v) is 2.32. The second-order valence-electron chi connectivity index (χ2n) is 4.94. The quantitative estimate of drug-likeness (QED) is 0.517. The molecule has 0 spiro atoms. The van der Waals surface area contributed by atoms with Gasteiger partial charge in [-0.3, -0.25) is 10.1 Å². The van der Waals surface area contributed by atoms with E-state index < -0.39 is 4.92 Å². The Morgan fingerprint density at radius 3 is 2.84 bits per heavy atom. The molecule has 104 valence electrons. The fraction of sp³-hybridized carbons (Fsp3) is 0.538. The minimum absolute atomic E-state index is 0.0487. The van der Waals surface area contributed by atoms with Gasteiger partial charge in [-0.15, -0.1) is 0 Å². The van der Waals surface area contributed by atoms with Crippen molar-refractivity contribution in [1.29, 1.82) is 0 Å². The summed E-state index contributed by atoms with van der Waals surface area (Å²) in [6.07, 6.45) is 0. The summed E-state index contributed by atoms with van der Waals surface area (Å²) in [5, 5.41) is 13.2. The lowest BCUT2D eigenvalue weighted by Crippen LogP contribution is -3.20. The van der Waals surface area contributed by atoms with Crippen LogP contribution < -0.4 is 15.0 Å². The Kier molecular flexibility index (Phi) is 4.70. The molecule has 1 aliphatic rings. The minimum atomic E-state index is -0.391. The van der Waals surface area contributed by atoms with Crippen LogP contribution in [0.25, 0.3) is 0 Å². The molecule has 0 amide bonds. The number of piperazine rings is 1. The summed E-state index contributed by atoms with van der Waals surface area (Å²) in [5.74, 6) is 0.382. The van der Waals surface area contributed by atoms with Gasteiger partial charge >= 0.3 is 5.69 Å². The molecule has 6 nitrogen and oxygen atoms in total. The molecule has 1 aromatic rings. The molecule has 1 heterocycles. The predicted molar refractivity (Wildman–Crippen MR) is 70.6 cm³/mol. The van der Waals surface area contributed by atoms with Crippen molar-refractivity contribution in [3.05, 3.63) is 33.9 Å². The molecule has 1 aromatic carbocycles. The number of nitrogens with two attached hydrogens (primary N) is 1. The number of quaternary nitrogens is 2. The molecule has 1 aliphatic heterocycles. The van der Waals surface area contributed by atoms with Crippen molar-refractivity contribution in [2.45, 2.75) is 6.92 Å². The number of aryl methyl sites for hydroxylation is 1. The number of benzene rings is 1. The van der Waals surface area contributed by atoms with Crippen LogP contribution in [0.2, 0.25) is 0 Å². The normalized spacial score (nSPS) is 16.3. The largest absolute Gasteiger partial charge is 0.481 e. The van der Waals surface area contributed by atoms with Gasteiger partial charge in [-0.2, -0.15) is 0 Å². The van der Waals surface area contributed by atoms with Gasteiger partial charge in [0.2, 0.25) is 0 Å². The van der Waals surface area contributed by atoms with Gasteiger partial charge in [0.25, 0.3) is 0 Å². The highest BCUT2D eigenvalue weighted by molar-refractivity contribution is 5.48. The summed E-state index contributed by atoms with van der Waals surface area (Å²) in [4.78, 5) is 12.0. The second-order valence-corrected chi connectivity index (χ2v) is 4.94. The van der Waals surface area contributed by atoms with Crippen LogP contribution in [-0.4, -0.2) is 44.3 Å². The predicted octanol–water partition coefficient (Wildman–Crippen LogP) is -1.26. The van der Waals surface area contributed by atoms with E-state index in [0.717, 1.165) is 38.3 Å². The van der Waals surface area contributed by atoms with Gasteiger partial charge < -0.3 is 15.0 Å². The highest BCUT2D eigenvalue weighted by atomic mass is 16.6. The van der Waals surface area contributed by atoms with E-state index in [1.54, 1.807) is 12.1 Å². The Morgan fingerprint density at radius 2 is 2.16 bits per heavy atom. The number of nitro benzene ring substituents is 1. The van der Waals surface area contributed by atoms with Crippen LogP contribution in [0.15, 0.2) is 18.2 Å². The van der Waals surface area contributed by atoms with Gasteiger partial charge in [-0.05, 0) is 18.6 Å². The van der Waals surface area contributed by atoms with Gasteiger partial charge in [0.1, 0.15) is 39.3 Å². The van der Waals surface area contributed by atoms with E-state index in [-0.39, 0.29) is 5.69 Å². The molecule has 1 saturated heterocycles. The maximum absolute atomic E-state index is 10.9. The average molecular weight is 267 g/mol. The molecule has 0 unspecified atom stereocenters. The molecule has 0 radical (unpaired) electrons. The fourth-order valence-electron chi connectivity index (χ4n) is 2.32. The van der Waals surface area contributed by atoms with Crippen LogP contribution in [0.4, 0.5) is 5.69 Å². The maximum atomic E-state index is 10.9. The highest BCUT2D eigenvalue weighted by Crippen LogP contribution is 2.27. The topological polar surface area (TPSA) is 73.4 Å². The summed E-state index contributed by atoms with van der Waals surface area (Å²) in [6, 6.07) is 4.97. The lowest BCUT2D eigenvalue weighted by molar-refractivity contribution is -0.946. The zero-order chi connectivity index (χ0) is 13.7. The molecular weight excluding hydrogens is 246 g/mol. The molecule has 6 heteroatoms. The molecule has 3 N–H and O–H groups in total.